The standard InChI is InChI=1S/C12H19NO/c1-3-13-10-4-5-11-6-8-12(14-2)9-7-11/h6-9,13H,3-5,10H2,1-2H3. The van der Waals surface area contributed by atoms with E-state index in [1.165, 1.54) is 12.0 Å². The first-order valence-electron chi connectivity index (χ1n) is 5.20. The van der Waals surface area contributed by atoms with Gasteiger partial charge in [0.05, 0.1) is 7.11 Å². The highest BCUT2D eigenvalue weighted by atomic mass is 16.5. The third kappa shape index (κ3) is 3.79. The summed E-state index contributed by atoms with van der Waals surface area (Å²) < 4.78 is 5.10. The zero-order chi connectivity index (χ0) is 10.2. The summed E-state index contributed by atoms with van der Waals surface area (Å²) in [5, 5.41) is 3.32. The van der Waals surface area contributed by atoms with Crippen LogP contribution in [0.5, 0.6) is 5.75 Å². The molecule has 0 spiro atoms. The van der Waals surface area contributed by atoms with E-state index >= 15 is 0 Å². The van der Waals surface area contributed by atoms with Gasteiger partial charge in [-0.25, -0.2) is 0 Å². The van der Waals surface area contributed by atoms with Crippen molar-refractivity contribution >= 4 is 0 Å². The quantitative estimate of drug-likeness (QED) is 0.700. The van der Waals surface area contributed by atoms with Gasteiger partial charge in [0.2, 0.25) is 0 Å². The molecule has 0 atom stereocenters. The summed E-state index contributed by atoms with van der Waals surface area (Å²) in [7, 11) is 1.69. The van der Waals surface area contributed by atoms with Crippen LogP contribution in [0, 0.1) is 0 Å². The van der Waals surface area contributed by atoms with E-state index in [0.29, 0.717) is 0 Å². The fourth-order valence-electron chi connectivity index (χ4n) is 1.39. The van der Waals surface area contributed by atoms with Gasteiger partial charge >= 0.3 is 0 Å². The van der Waals surface area contributed by atoms with Crippen molar-refractivity contribution in [2.24, 2.45) is 0 Å². The molecule has 78 valence electrons. The Bertz CT molecular complexity index is 243. The van der Waals surface area contributed by atoms with E-state index < -0.39 is 0 Å². The van der Waals surface area contributed by atoms with Crippen molar-refractivity contribution < 1.29 is 4.74 Å². The van der Waals surface area contributed by atoms with Crippen LogP contribution in [0.4, 0.5) is 0 Å². The molecule has 0 fully saturated rings. The van der Waals surface area contributed by atoms with Gasteiger partial charge in [0.15, 0.2) is 0 Å². The number of hydrogen-bond acceptors (Lipinski definition) is 2. The van der Waals surface area contributed by atoms with Gasteiger partial charge in [0.1, 0.15) is 5.75 Å². The van der Waals surface area contributed by atoms with Crippen molar-refractivity contribution in [1.82, 2.24) is 5.32 Å². The zero-order valence-electron chi connectivity index (χ0n) is 9.05. The second-order valence-corrected chi connectivity index (χ2v) is 3.31. The molecule has 0 heterocycles. The third-order valence-electron chi connectivity index (χ3n) is 2.23. The molecule has 1 aromatic rings. The van der Waals surface area contributed by atoms with Gasteiger partial charge in [0, 0.05) is 0 Å². The lowest BCUT2D eigenvalue weighted by Crippen LogP contribution is -2.14. The van der Waals surface area contributed by atoms with Crippen molar-refractivity contribution in [3.63, 3.8) is 0 Å². The van der Waals surface area contributed by atoms with Gasteiger partial charge in [0.25, 0.3) is 0 Å². The van der Waals surface area contributed by atoms with Crippen LogP contribution in [0.15, 0.2) is 24.3 Å². The molecule has 0 unspecified atom stereocenters. The van der Waals surface area contributed by atoms with Crippen molar-refractivity contribution in [3.05, 3.63) is 29.8 Å². The van der Waals surface area contributed by atoms with Gasteiger partial charge in [-0.2, -0.15) is 0 Å². The van der Waals surface area contributed by atoms with Crippen LogP contribution < -0.4 is 10.1 Å². The monoisotopic (exact) mass is 193 g/mol. The topological polar surface area (TPSA) is 21.3 Å². The molecule has 1 aromatic carbocycles. The summed E-state index contributed by atoms with van der Waals surface area (Å²) in [6.07, 6.45) is 2.33. The number of nitrogens with one attached hydrogen (secondary N) is 1. The van der Waals surface area contributed by atoms with Gasteiger partial charge < -0.3 is 10.1 Å². The molecular weight excluding hydrogens is 174 g/mol. The molecule has 2 heteroatoms. The maximum Gasteiger partial charge on any atom is 0.118 e. The van der Waals surface area contributed by atoms with Crippen molar-refractivity contribution in [2.45, 2.75) is 19.8 Å². The van der Waals surface area contributed by atoms with Crippen LogP contribution in [0.1, 0.15) is 18.9 Å². The number of aryl methyl sites for hydroxylation is 1. The highest BCUT2D eigenvalue weighted by Crippen LogP contribution is 2.12. The van der Waals surface area contributed by atoms with Crippen LogP contribution in [-0.2, 0) is 6.42 Å². The summed E-state index contributed by atoms with van der Waals surface area (Å²) in [5.74, 6) is 0.931. The molecule has 0 saturated heterocycles. The maximum absolute atomic E-state index is 5.10. The molecule has 0 radical (unpaired) electrons. The van der Waals surface area contributed by atoms with Crippen LogP contribution >= 0.6 is 0 Å². The number of hydrogen-bond donors (Lipinski definition) is 1. The van der Waals surface area contributed by atoms with Crippen molar-refractivity contribution in [1.29, 1.82) is 0 Å². The SMILES string of the molecule is CCNCCCc1ccc(OC)cc1. The average molecular weight is 193 g/mol. The molecule has 1 rings (SSSR count). The first-order valence-corrected chi connectivity index (χ1v) is 5.20. The molecule has 1 N–H and O–H groups in total. The third-order valence-corrected chi connectivity index (χ3v) is 2.23. The highest BCUT2D eigenvalue weighted by molar-refractivity contribution is 5.27. The first kappa shape index (κ1) is 11.1. The van der Waals surface area contributed by atoms with Gasteiger partial charge in [-0.15, -0.1) is 0 Å². The molecule has 0 aliphatic heterocycles. The smallest absolute Gasteiger partial charge is 0.118 e. The van der Waals surface area contributed by atoms with Crippen molar-refractivity contribution in [2.75, 3.05) is 20.2 Å². The van der Waals surface area contributed by atoms with Gasteiger partial charge in [-0.1, -0.05) is 19.1 Å². The van der Waals surface area contributed by atoms with E-state index in [4.69, 9.17) is 4.74 Å². The summed E-state index contributed by atoms with van der Waals surface area (Å²) in [5.41, 5.74) is 1.38. The zero-order valence-corrected chi connectivity index (χ0v) is 9.05. The Balaban J connectivity index is 2.29. The average Bonchev–Trinajstić information content (AvgIpc) is 2.25. The fraction of sp³-hybridized carbons (Fsp3) is 0.500. The van der Waals surface area contributed by atoms with Crippen LogP contribution in [-0.4, -0.2) is 20.2 Å². The maximum atomic E-state index is 5.10. The van der Waals surface area contributed by atoms with E-state index in [1.807, 2.05) is 12.1 Å². The number of methoxy groups -OCH3 is 1. The predicted molar refractivity (Wildman–Crippen MR) is 59.9 cm³/mol. The lowest BCUT2D eigenvalue weighted by atomic mass is 10.1. The van der Waals surface area contributed by atoms with E-state index in [2.05, 4.69) is 24.4 Å². The summed E-state index contributed by atoms with van der Waals surface area (Å²) >= 11 is 0. The minimum Gasteiger partial charge on any atom is -0.497 e. The number of benzene rings is 1. The summed E-state index contributed by atoms with van der Waals surface area (Å²) in [6.45, 7) is 4.29. The molecule has 0 bridgehead atoms. The second-order valence-electron chi connectivity index (χ2n) is 3.31. The Kier molecular flexibility index (Phi) is 5.08. The van der Waals surface area contributed by atoms with Crippen molar-refractivity contribution in [3.8, 4) is 5.75 Å². The Morgan fingerprint density at radius 3 is 2.50 bits per heavy atom. The van der Waals surface area contributed by atoms with E-state index in [-0.39, 0.29) is 0 Å². The minimum atomic E-state index is 0.931. The Hall–Kier alpha value is -1.02. The molecule has 0 aliphatic carbocycles. The minimum absolute atomic E-state index is 0.931. The largest absolute Gasteiger partial charge is 0.497 e. The first-order chi connectivity index (χ1) is 6.86. The molecular formula is C12H19NO. The lowest BCUT2D eigenvalue weighted by molar-refractivity contribution is 0.414. The normalized spacial score (nSPS) is 10.1. The van der Waals surface area contributed by atoms with Gasteiger partial charge in [-0.3, -0.25) is 0 Å². The van der Waals surface area contributed by atoms with E-state index in [9.17, 15) is 0 Å². The second kappa shape index (κ2) is 6.44. The molecule has 14 heavy (non-hydrogen) atoms. The summed E-state index contributed by atoms with van der Waals surface area (Å²) in [6, 6.07) is 8.29. The fourth-order valence-corrected chi connectivity index (χ4v) is 1.39. The van der Waals surface area contributed by atoms with Crippen LogP contribution in [0.25, 0.3) is 0 Å². The van der Waals surface area contributed by atoms with E-state index in [0.717, 1.165) is 25.3 Å². The van der Waals surface area contributed by atoms with Crippen LogP contribution in [0.2, 0.25) is 0 Å². The Morgan fingerprint density at radius 1 is 1.21 bits per heavy atom. The van der Waals surface area contributed by atoms with E-state index in [1.54, 1.807) is 7.11 Å². The molecule has 2 nitrogen and oxygen atoms in total. The number of rotatable bonds is 6. The van der Waals surface area contributed by atoms with Gasteiger partial charge in [-0.05, 0) is 43.6 Å². The summed E-state index contributed by atoms with van der Waals surface area (Å²) in [4.78, 5) is 0. The Morgan fingerprint density at radius 2 is 1.93 bits per heavy atom. The number of ether oxygens (including phenoxy) is 1. The lowest BCUT2D eigenvalue weighted by Gasteiger charge is -2.03. The highest BCUT2D eigenvalue weighted by Gasteiger charge is 1.94. The molecule has 0 aromatic heterocycles. The molecule has 0 aliphatic rings. The van der Waals surface area contributed by atoms with Crippen LogP contribution in [0.3, 0.4) is 0 Å². The molecule has 0 amide bonds. The Labute approximate surface area is 86.3 Å². The molecule has 0 saturated carbocycles. The predicted octanol–water partition coefficient (Wildman–Crippen LogP) is 2.24.